The molecule has 0 saturated carbocycles. The van der Waals surface area contributed by atoms with Crippen LogP contribution in [0.3, 0.4) is 0 Å². The molecule has 1 aromatic heterocycles. The van der Waals surface area contributed by atoms with Crippen LogP contribution in [0.4, 0.5) is 23.8 Å². The van der Waals surface area contributed by atoms with Crippen LogP contribution in [-0.2, 0) is 17.5 Å². The first-order valence-electron chi connectivity index (χ1n) is 8.28. The van der Waals surface area contributed by atoms with Gasteiger partial charge in [0.25, 0.3) is 0 Å². The lowest BCUT2D eigenvalue weighted by molar-refractivity contribution is -0.137. The van der Waals surface area contributed by atoms with Crippen LogP contribution in [0.25, 0.3) is 0 Å². The molecule has 0 spiro atoms. The monoisotopic (exact) mass is 412 g/mol. The first kappa shape index (κ1) is 19.9. The molecule has 3 rings (SSSR count). The molecule has 6 nitrogen and oxygen atoms in total. The number of likely N-dealkylation sites (N-methyl/N-ethyl adjacent to an activating group) is 1. The fourth-order valence-electron chi connectivity index (χ4n) is 2.90. The lowest BCUT2D eigenvalue weighted by Crippen LogP contribution is -2.43. The molecule has 1 N–H and O–H groups in total. The SMILES string of the molecule is CN1C(=O)N(c2ccccn2)C[C@H]1C(=O)NCc1cccc(C(F)(F)F)c1Cl. The Labute approximate surface area is 163 Å². The number of amides is 3. The zero-order chi connectivity index (χ0) is 20.5. The highest BCUT2D eigenvalue weighted by Crippen LogP contribution is 2.36. The number of rotatable bonds is 4. The van der Waals surface area contributed by atoms with Crippen molar-refractivity contribution in [1.29, 1.82) is 0 Å². The molecule has 1 atom stereocenters. The fourth-order valence-corrected chi connectivity index (χ4v) is 3.20. The van der Waals surface area contributed by atoms with E-state index in [2.05, 4.69) is 10.3 Å². The number of alkyl halides is 3. The Kier molecular flexibility index (Phi) is 5.46. The molecule has 1 fully saturated rings. The summed E-state index contributed by atoms with van der Waals surface area (Å²) in [7, 11) is 1.48. The van der Waals surface area contributed by atoms with Gasteiger partial charge in [0.1, 0.15) is 11.9 Å². The number of urea groups is 1. The lowest BCUT2D eigenvalue weighted by atomic mass is 10.1. The molecule has 3 amide bonds. The van der Waals surface area contributed by atoms with Crippen molar-refractivity contribution >= 4 is 29.4 Å². The van der Waals surface area contributed by atoms with Gasteiger partial charge < -0.3 is 10.2 Å². The number of hydrogen-bond donors (Lipinski definition) is 1. The molecule has 1 aliphatic rings. The molecule has 148 valence electrons. The Morgan fingerprint density at radius 1 is 1.29 bits per heavy atom. The zero-order valence-corrected chi connectivity index (χ0v) is 15.5. The number of carbonyl (C=O) groups is 2. The summed E-state index contributed by atoms with van der Waals surface area (Å²) < 4.78 is 38.8. The average Bonchev–Trinajstić information content (AvgIpc) is 2.96. The van der Waals surface area contributed by atoms with Crippen LogP contribution in [-0.4, -0.2) is 41.5 Å². The maximum absolute atomic E-state index is 12.9. The van der Waals surface area contributed by atoms with Crippen LogP contribution in [0.15, 0.2) is 42.6 Å². The Hall–Kier alpha value is -2.81. The van der Waals surface area contributed by atoms with Crippen LogP contribution in [0.5, 0.6) is 0 Å². The number of nitrogens with one attached hydrogen (secondary N) is 1. The third kappa shape index (κ3) is 3.89. The molecule has 0 radical (unpaired) electrons. The van der Waals surface area contributed by atoms with Crippen molar-refractivity contribution in [3.63, 3.8) is 0 Å². The van der Waals surface area contributed by atoms with Gasteiger partial charge >= 0.3 is 12.2 Å². The summed E-state index contributed by atoms with van der Waals surface area (Å²) in [6.45, 7) is -0.113. The zero-order valence-electron chi connectivity index (χ0n) is 14.7. The van der Waals surface area contributed by atoms with Crippen molar-refractivity contribution in [1.82, 2.24) is 15.2 Å². The van der Waals surface area contributed by atoms with Crippen molar-refractivity contribution < 1.29 is 22.8 Å². The Morgan fingerprint density at radius 3 is 2.68 bits per heavy atom. The smallest absolute Gasteiger partial charge is 0.350 e. The minimum Gasteiger partial charge on any atom is -0.350 e. The highest BCUT2D eigenvalue weighted by molar-refractivity contribution is 6.32. The van der Waals surface area contributed by atoms with E-state index >= 15 is 0 Å². The van der Waals surface area contributed by atoms with E-state index in [1.165, 1.54) is 35.2 Å². The van der Waals surface area contributed by atoms with Crippen LogP contribution in [0.1, 0.15) is 11.1 Å². The Morgan fingerprint density at radius 2 is 2.04 bits per heavy atom. The van der Waals surface area contributed by atoms with Crippen LogP contribution >= 0.6 is 11.6 Å². The van der Waals surface area contributed by atoms with Gasteiger partial charge in [0, 0.05) is 19.8 Å². The van der Waals surface area contributed by atoms with E-state index in [1.54, 1.807) is 18.2 Å². The van der Waals surface area contributed by atoms with Gasteiger partial charge in [-0.3, -0.25) is 9.69 Å². The number of hydrogen-bond acceptors (Lipinski definition) is 3. The normalized spacial score (nSPS) is 17.2. The molecule has 0 bridgehead atoms. The second kappa shape index (κ2) is 7.67. The van der Waals surface area contributed by atoms with Crippen LogP contribution < -0.4 is 10.2 Å². The molecule has 2 aromatic rings. The standard InChI is InChI=1S/C18H16ClF3N4O2/c1-25-13(10-26(17(25)28)14-7-2-3-8-23-14)16(27)24-9-11-5-4-6-12(15(11)19)18(20,21)22/h2-8,13H,9-10H2,1H3,(H,24,27)/t13-/m0/s1. The predicted octanol–water partition coefficient (Wildman–Crippen LogP) is 3.31. The second-order valence-corrected chi connectivity index (χ2v) is 6.58. The number of aromatic nitrogens is 1. The van der Waals surface area contributed by atoms with E-state index in [0.29, 0.717) is 5.82 Å². The predicted molar refractivity (Wildman–Crippen MR) is 96.8 cm³/mol. The summed E-state index contributed by atoms with van der Waals surface area (Å²) in [4.78, 5) is 31.6. The Balaban J connectivity index is 1.70. The van der Waals surface area contributed by atoms with Gasteiger partial charge in [0.2, 0.25) is 5.91 Å². The summed E-state index contributed by atoms with van der Waals surface area (Å²) in [5.41, 5.74) is -0.825. The number of carbonyl (C=O) groups excluding carboxylic acids is 2. The molecular weight excluding hydrogens is 397 g/mol. The molecule has 10 heteroatoms. The molecule has 1 aromatic carbocycles. The molecule has 2 heterocycles. The van der Waals surface area contributed by atoms with Crippen molar-refractivity contribution in [2.75, 3.05) is 18.5 Å². The maximum Gasteiger partial charge on any atom is 0.417 e. The summed E-state index contributed by atoms with van der Waals surface area (Å²) in [6.07, 6.45) is -3.05. The van der Waals surface area contributed by atoms with Gasteiger partial charge in [-0.15, -0.1) is 0 Å². The largest absolute Gasteiger partial charge is 0.417 e. The third-order valence-corrected chi connectivity index (χ3v) is 4.87. The summed E-state index contributed by atoms with van der Waals surface area (Å²) in [5.74, 6) is -0.0849. The minimum absolute atomic E-state index is 0.0779. The van der Waals surface area contributed by atoms with Crippen molar-refractivity contribution in [3.05, 3.63) is 58.7 Å². The summed E-state index contributed by atoms with van der Waals surface area (Å²) in [6, 6.07) is 7.38. The van der Waals surface area contributed by atoms with E-state index in [1.807, 2.05) is 0 Å². The van der Waals surface area contributed by atoms with E-state index in [-0.39, 0.29) is 18.7 Å². The number of nitrogens with zero attached hydrogens (tertiary/aromatic N) is 3. The highest BCUT2D eigenvalue weighted by Gasteiger charge is 2.40. The van der Waals surface area contributed by atoms with Crippen molar-refractivity contribution in [2.24, 2.45) is 0 Å². The second-order valence-electron chi connectivity index (χ2n) is 6.20. The van der Waals surface area contributed by atoms with E-state index in [0.717, 1.165) is 6.07 Å². The molecule has 0 aliphatic carbocycles. The number of halogens is 4. The fraction of sp³-hybridized carbons (Fsp3) is 0.278. The third-order valence-electron chi connectivity index (χ3n) is 4.42. The number of benzene rings is 1. The quantitative estimate of drug-likeness (QED) is 0.838. The number of anilines is 1. The van der Waals surface area contributed by atoms with Crippen LogP contribution in [0, 0.1) is 0 Å². The van der Waals surface area contributed by atoms with E-state index < -0.39 is 34.7 Å². The Bertz CT molecular complexity index is 892. The molecule has 1 saturated heterocycles. The first-order valence-corrected chi connectivity index (χ1v) is 8.65. The summed E-state index contributed by atoms with van der Waals surface area (Å²) in [5, 5.41) is 2.09. The molecule has 0 unspecified atom stereocenters. The van der Waals surface area contributed by atoms with Gasteiger partial charge in [0.15, 0.2) is 0 Å². The highest BCUT2D eigenvalue weighted by atomic mass is 35.5. The van der Waals surface area contributed by atoms with Gasteiger partial charge in [-0.05, 0) is 23.8 Å². The van der Waals surface area contributed by atoms with Gasteiger partial charge in [-0.2, -0.15) is 13.2 Å². The van der Waals surface area contributed by atoms with E-state index in [9.17, 15) is 22.8 Å². The van der Waals surface area contributed by atoms with Crippen molar-refractivity contribution in [3.8, 4) is 0 Å². The van der Waals surface area contributed by atoms with Crippen molar-refractivity contribution in [2.45, 2.75) is 18.8 Å². The first-order chi connectivity index (χ1) is 13.2. The molecular formula is C18H16ClF3N4O2. The van der Waals surface area contributed by atoms with Gasteiger partial charge in [-0.1, -0.05) is 29.8 Å². The topological polar surface area (TPSA) is 65.5 Å². The van der Waals surface area contributed by atoms with Crippen LogP contribution in [0.2, 0.25) is 5.02 Å². The summed E-state index contributed by atoms with van der Waals surface area (Å²) >= 11 is 5.84. The van der Waals surface area contributed by atoms with E-state index in [4.69, 9.17) is 11.6 Å². The average molecular weight is 413 g/mol. The number of pyridine rings is 1. The maximum atomic E-state index is 12.9. The van der Waals surface area contributed by atoms with Gasteiger partial charge in [-0.25, -0.2) is 9.78 Å². The lowest BCUT2D eigenvalue weighted by Gasteiger charge is -2.18. The minimum atomic E-state index is -4.58. The van der Waals surface area contributed by atoms with Gasteiger partial charge in [0.05, 0.1) is 17.1 Å². The molecule has 28 heavy (non-hydrogen) atoms. The molecule has 1 aliphatic heterocycles.